The van der Waals surface area contributed by atoms with Gasteiger partial charge in [0.15, 0.2) is 12.4 Å². The van der Waals surface area contributed by atoms with Gasteiger partial charge in [-0.05, 0) is 19.3 Å². The highest BCUT2D eigenvalue weighted by atomic mass is 79.9. The predicted octanol–water partition coefficient (Wildman–Crippen LogP) is -1.53. The number of aliphatic carboxylic acids is 1. The third-order valence-electron chi connectivity index (χ3n) is 4.03. The molecule has 1 aliphatic rings. The zero-order valence-corrected chi connectivity index (χ0v) is 14.2. The number of aryl methyl sites for hydroxylation is 1. The van der Waals surface area contributed by atoms with E-state index in [4.69, 9.17) is 5.11 Å². The molecule has 0 aromatic carbocycles. The Labute approximate surface area is 141 Å². The number of hydrogen-bond donors (Lipinski definition) is 1. The Morgan fingerprint density at radius 3 is 2.32 bits per heavy atom. The second-order valence-corrected chi connectivity index (χ2v) is 5.56. The van der Waals surface area contributed by atoms with Crippen LogP contribution in [0.3, 0.4) is 0 Å². The number of amides is 1. The van der Waals surface area contributed by atoms with E-state index < -0.39 is 5.97 Å². The van der Waals surface area contributed by atoms with Gasteiger partial charge < -0.3 is 27.0 Å². The maximum absolute atomic E-state index is 12.1. The highest BCUT2D eigenvalue weighted by Crippen LogP contribution is 2.18. The molecule has 2 heterocycles. The summed E-state index contributed by atoms with van der Waals surface area (Å²) < 4.78 is 2.11. The molecule has 1 amide bonds. The fourth-order valence-corrected chi connectivity index (χ4v) is 2.69. The van der Waals surface area contributed by atoms with E-state index in [1.54, 1.807) is 0 Å². The number of carboxylic acid groups (broad SMARTS) is 1. The van der Waals surface area contributed by atoms with Gasteiger partial charge in [-0.1, -0.05) is 6.07 Å². The normalized spacial score (nSPS) is 15.2. The second kappa shape index (κ2) is 9.56. The monoisotopic (exact) mass is 370 g/mol. The van der Waals surface area contributed by atoms with Gasteiger partial charge in [-0.25, -0.2) is 4.57 Å². The highest BCUT2D eigenvalue weighted by Gasteiger charge is 2.26. The standard InChI is InChI=1S/C16H22N2O3.BrH/c19-15(18-12-7-14(8-13-18)16(20)21)6-2-5-11-17-9-3-1-4-10-17;/h1,3-4,9-10,14H,2,5-8,11-13H2;1H. The zero-order chi connectivity index (χ0) is 15.1. The van der Waals surface area contributed by atoms with Crippen LogP contribution in [0.2, 0.25) is 0 Å². The molecule has 0 radical (unpaired) electrons. The first kappa shape index (κ1) is 18.6. The van der Waals surface area contributed by atoms with Crippen LogP contribution in [0.4, 0.5) is 0 Å². The van der Waals surface area contributed by atoms with Crippen molar-refractivity contribution < 1.29 is 36.2 Å². The van der Waals surface area contributed by atoms with Crippen LogP contribution in [0, 0.1) is 5.92 Å². The molecule has 0 aliphatic carbocycles. The Bertz CT molecular complexity index is 474. The molecule has 5 nitrogen and oxygen atoms in total. The summed E-state index contributed by atoms with van der Waals surface area (Å²) in [5.74, 6) is -0.845. The van der Waals surface area contributed by atoms with Gasteiger partial charge in [0.1, 0.15) is 6.54 Å². The molecule has 1 fully saturated rings. The quantitative estimate of drug-likeness (QED) is 0.488. The Balaban J connectivity index is 0.00000242. The SMILES string of the molecule is O=C(O)C1CCN(C(=O)CCCC[n+]2ccccc2)CC1.[Br-]. The molecule has 6 heteroatoms. The molecule has 0 spiro atoms. The van der Waals surface area contributed by atoms with Crippen LogP contribution in [-0.4, -0.2) is 35.0 Å². The average molecular weight is 371 g/mol. The number of carbonyl (C=O) groups is 2. The molecule has 1 aromatic rings. The maximum atomic E-state index is 12.1. The number of pyridine rings is 1. The van der Waals surface area contributed by atoms with Crippen molar-refractivity contribution in [3.63, 3.8) is 0 Å². The van der Waals surface area contributed by atoms with Crippen LogP contribution in [0.5, 0.6) is 0 Å². The molecule has 0 atom stereocenters. The lowest BCUT2D eigenvalue weighted by Crippen LogP contribution is -3.00. The van der Waals surface area contributed by atoms with Gasteiger partial charge in [-0.15, -0.1) is 0 Å². The summed E-state index contributed by atoms with van der Waals surface area (Å²) in [6.07, 6.45) is 7.63. The fraction of sp³-hybridized carbons (Fsp3) is 0.562. The molecule has 1 aromatic heterocycles. The van der Waals surface area contributed by atoms with Crippen molar-refractivity contribution in [3.05, 3.63) is 30.6 Å². The van der Waals surface area contributed by atoms with Crippen LogP contribution < -0.4 is 21.5 Å². The molecule has 0 bridgehead atoms. The number of likely N-dealkylation sites (tertiary alicyclic amines) is 1. The second-order valence-electron chi connectivity index (χ2n) is 5.56. The lowest BCUT2D eigenvalue weighted by Gasteiger charge is -2.30. The van der Waals surface area contributed by atoms with Crippen molar-refractivity contribution in [1.29, 1.82) is 0 Å². The lowest BCUT2D eigenvalue weighted by atomic mass is 9.97. The van der Waals surface area contributed by atoms with Crippen LogP contribution in [-0.2, 0) is 16.1 Å². The van der Waals surface area contributed by atoms with Crippen molar-refractivity contribution in [1.82, 2.24) is 4.90 Å². The summed E-state index contributed by atoms with van der Waals surface area (Å²) in [7, 11) is 0. The van der Waals surface area contributed by atoms with Crippen molar-refractivity contribution in [2.75, 3.05) is 13.1 Å². The number of halogens is 1. The van der Waals surface area contributed by atoms with E-state index in [1.807, 2.05) is 35.5 Å². The Hall–Kier alpha value is -1.43. The van der Waals surface area contributed by atoms with Crippen molar-refractivity contribution in [3.8, 4) is 0 Å². The number of piperidine rings is 1. The Morgan fingerprint density at radius 1 is 1.09 bits per heavy atom. The number of carboxylic acids is 1. The smallest absolute Gasteiger partial charge is 0.306 e. The summed E-state index contributed by atoms with van der Waals surface area (Å²) in [5.41, 5.74) is 0. The molecule has 1 saturated heterocycles. The van der Waals surface area contributed by atoms with E-state index >= 15 is 0 Å². The van der Waals surface area contributed by atoms with Crippen LogP contribution in [0.25, 0.3) is 0 Å². The summed E-state index contributed by atoms with van der Waals surface area (Å²) in [6, 6.07) is 5.98. The molecule has 2 rings (SSSR count). The molecule has 122 valence electrons. The molecule has 0 saturated carbocycles. The highest BCUT2D eigenvalue weighted by molar-refractivity contribution is 5.77. The molecular weight excluding hydrogens is 348 g/mol. The van der Waals surface area contributed by atoms with E-state index in [-0.39, 0.29) is 28.8 Å². The number of unbranched alkanes of at least 4 members (excludes halogenated alkanes) is 1. The molecular formula is C16H23BrN2O3. The average Bonchev–Trinajstić information content (AvgIpc) is 2.52. The first-order valence-electron chi connectivity index (χ1n) is 7.61. The first-order valence-corrected chi connectivity index (χ1v) is 7.61. The van der Waals surface area contributed by atoms with E-state index in [2.05, 4.69) is 4.57 Å². The van der Waals surface area contributed by atoms with Crippen molar-refractivity contribution in [2.45, 2.75) is 38.6 Å². The number of carbonyl (C=O) groups excluding carboxylic acids is 1. The third kappa shape index (κ3) is 5.75. The number of nitrogens with zero attached hydrogens (tertiary/aromatic N) is 2. The predicted molar refractivity (Wildman–Crippen MR) is 77.4 cm³/mol. The van der Waals surface area contributed by atoms with Gasteiger partial charge >= 0.3 is 5.97 Å². The number of hydrogen-bond acceptors (Lipinski definition) is 2. The Morgan fingerprint density at radius 2 is 1.73 bits per heavy atom. The van der Waals surface area contributed by atoms with E-state index in [9.17, 15) is 9.59 Å². The van der Waals surface area contributed by atoms with Gasteiger partial charge in [0.25, 0.3) is 0 Å². The minimum Gasteiger partial charge on any atom is -1.00 e. The van der Waals surface area contributed by atoms with Crippen LogP contribution in [0.1, 0.15) is 32.1 Å². The lowest BCUT2D eigenvalue weighted by molar-refractivity contribution is -0.697. The van der Waals surface area contributed by atoms with Gasteiger partial charge in [0.05, 0.1) is 5.92 Å². The summed E-state index contributed by atoms with van der Waals surface area (Å²) in [5, 5.41) is 8.94. The molecule has 1 aliphatic heterocycles. The molecule has 1 N–H and O–H groups in total. The topological polar surface area (TPSA) is 61.5 Å². The fourth-order valence-electron chi connectivity index (χ4n) is 2.69. The summed E-state index contributed by atoms with van der Waals surface area (Å²) >= 11 is 0. The van der Waals surface area contributed by atoms with Gasteiger partial charge in [0, 0.05) is 38.1 Å². The zero-order valence-electron chi connectivity index (χ0n) is 12.7. The van der Waals surface area contributed by atoms with E-state index in [0.717, 1.165) is 19.4 Å². The van der Waals surface area contributed by atoms with E-state index in [0.29, 0.717) is 32.4 Å². The van der Waals surface area contributed by atoms with Gasteiger partial charge in [0.2, 0.25) is 5.91 Å². The van der Waals surface area contributed by atoms with Crippen molar-refractivity contribution in [2.24, 2.45) is 5.92 Å². The Kier molecular flexibility index (Phi) is 8.09. The van der Waals surface area contributed by atoms with Crippen molar-refractivity contribution >= 4 is 11.9 Å². The third-order valence-corrected chi connectivity index (χ3v) is 4.03. The van der Waals surface area contributed by atoms with Crippen LogP contribution in [0.15, 0.2) is 30.6 Å². The molecule has 22 heavy (non-hydrogen) atoms. The molecule has 0 unspecified atom stereocenters. The first-order chi connectivity index (χ1) is 10.2. The largest absolute Gasteiger partial charge is 1.00 e. The summed E-state index contributed by atoms with van der Waals surface area (Å²) in [4.78, 5) is 24.7. The summed E-state index contributed by atoms with van der Waals surface area (Å²) in [6.45, 7) is 2.10. The van der Waals surface area contributed by atoms with Gasteiger partial charge in [-0.3, -0.25) is 9.59 Å². The number of rotatable bonds is 6. The minimum absolute atomic E-state index is 0. The maximum Gasteiger partial charge on any atom is 0.306 e. The minimum atomic E-state index is -0.734. The number of aromatic nitrogens is 1. The van der Waals surface area contributed by atoms with Gasteiger partial charge in [-0.2, -0.15) is 0 Å². The van der Waals surface area contributed by atoms with E-state index in [1.165, 1.54) is 0 Å². The van der Waals surface area contributed by atoms with Crippen LogP contribution >= 0.6 is 0 Å².